The summed E-state index contributed by atoms with van der Waals surface area (Å²) in [6.45, 7) is 0.507. The van der Waals surface area contributed by atoms with Crippen LogP contribution in [-0.4, -0.2) is 34.7 Å². The van der Waals surface area contributed by atoms with E-state index in [-0.39, 0.29) is 29.6 Å². The predicted molar refractivity (Wildman–Crippen MR) is 65.4 cm³/mol. The molecule has 0 heterocycles. The molecule has 1 aromatic carbocycles. The molecule has 0 atom stereocenters. The molecule has 0 aliphatic heterocycles. The second kappa shape index (κ2) is 7.91. The van der Waals surface area contributed by atoms with Crippen LogP contribution >= 0.6 is 23.8 Å². The van der Waals surface area contributed by atoms with Gasteiger partial charge < -0.3 is 5.32 Å². The van der Waals surface area contributed by atoms with E-state index < -0.39 is 0 Å². The first-order valence-electron chi connectivity index (χ1n) is 3.90. The summed E-state index contributed by atoms with van der Waals surface area (Å²) in [5.41, 5.74) is 0.941. The van der Waals surface area contributed by atoms with Crippen molar-refractivity contribution in [3.63, 3.8) is 0 Å². The molecule has 15 heavy (non-hydrogen) atoms. The van der Waals surface area contributed by atoms with E-state index in [0.717, 1.165) is 5.56 Å². The average molecular weight is 249 g/mol. The van der Waals surface area contributed by atoms with Gasteiger partial charge >= 0.3 is 0 Å². The van der Waals surface area contributed by atoms with Crippen LogP contribution in [0.1, 0.15) is 5.56 Å². The molecule has 0 unspecified atom stereocenters. The summed E-state index contributed by atoms with van der Waals surface area (Å²) in [5.74, 6) is 0. The summed E-state index contributed by atoms with van der Waals surface area (Å²) in [6.07, 6.45) is 1.73. The number of benzene rings is 1. The maximum Gasteiger partial charge on any atom is 0.183 e. The van der Waals surface area contributed by atoms with Crippen LogP contribution in [0, 0.1) is 11.5 Å². The third-order valence-corrected chi connectivity index (χ3v) is 2.18. The maximum absolute atomic E-state index is 8.27. The molecule has 6 heteroatoms. The van der Waals surface area contributed by atoms with Crippen LogP contribution in [0.4, 0.5) is 0 Å². The van der Waals surface area contributed by atoms with E-state index in [4.69, 9.17) is 29.1 Å². The number of rotatable bonds is 2. The van der Waals surface area contributed by atoms with Crippen molar-refractivity contribution in [3.05, 3.63) is 34.9 Å². The van der Waals surface area contributed by atoms with Crippen molar-refractivity contribution in [2.75, 3.05) is 0 Å². The van der Waals surface area contributed by atoms with Gasteiger partial charge in [-0.3, -0.25) is 5.32 Å². The van der Waals surface area contributed by atoms with Crippen molar-refractivity contribution in [3.8, 4) is 6.19 Å². The molecule has 3 nitrogen and oxygen atoms in total. The Kier molecular flexibility index (Phi) is 7.75. The molecule has 0 aromatic heterocycles. The Morgan fingerprint density at radius 1 is 1.47 bits per heavy atom. The van der Waals surface area contributed by atoms with Gasteiger partial charge in [-0.2, -0.15) is 5.26 Å². The third-order valence-electron chi connectivity index (χ3n) is 1.57. The molecular weight excluding hydrogens is 241 g/mol. The van der Waals surface area contributed by atoms with E-state index in [1.54, 1.807) is 12.3 Å². The Bertz CT molecular complexity index is 378. The standard InChI is InChI=1S/C9H8ClN3S.Na/c10-8-4-2-1-3-7(8)5-12-9(14)13-6-11;/h1-4H,5H2,(H2,12,13,14);. The molecular formula is C9H8ClN3NaS. The molecule has 0 aliphatic carbocycles. The second-order valence-electron chi connectivity index (χ2n) is 2.51. The Morgan fingerprint density at radius 2 is 2.13 bits per heavy atom. The van der Waals surface area contributed by atoms with E-state index >= 15 is 0 Å². The Morgan fingerprint density at radius 3 is 2.73 bits per heavy atom. The molecule has 1 rings (SSSR count). The van der Waals surface area contributed by atoms with E-state index in [9.17, 15) is 0 Å². The summed E-state index contributed by atoms with van der Waals surface area (Å²) in [4.78, 5) is 0. The topological polar surface area (TPSA) is 47.9 Å². The Hall–Kier alpha value is -0.310. The zero-order valence-corrected chi connectivity index (χ0v) is 11.8. The molecule has 0 amide bonds. The maximum atomic E-state index is 8.27. The van der Waals surface area contributed by atoms with Crippen LogP contribution in [0.15, 0.2) is 24.3 Å². The minimum Gasteiger partial charge on any atom is -0.358 e. The minimum absolute atomic E-state index is 0. The minimum atomic E-state index is 0. The van der Waals surface area contributed by atoms with Gasteiger partial charge in [-0.25, -0.2) is 0 Å². The van der Waals surface area contributed by atoms with Crippen molar-refractivity contribution in [2.45, 2.75) is 6.54 Å². The van der Waals surface area contributed by atoms with Crippen molar-refractivity contribution in [1.29, 1.82) is 5.26 Å². The molecule has 0 aliphatic rings. The van der Waals surface area contributed by atoms with Crippen LogP contribution in [0.2, 0.25) is 5.02 Å². The van der Waals surface area contributed by atoms with Gasteiger partial charge in [0.1, 0.15) is 0 Å². The van der Waals surface area contributed by atoms with Crippen molar-refractivity contribution < 1.29 is 0 Å². The van der Waals surface area contributed by atoms with Crippen molar-refractivity contribution in [2.24, 2.45) is 0 Å². The number of nitrogens with one attached hydrogen (secondary N) is 2. The van der Waals surface area contributed by atoms with Gasteiger partial charge in [-0.1, -0.05) is 29.8 Å². The molecule has 0 saturated heterocycles. The average Bonchev–Trinajstić information content (AvgIpc) is 2.17. The fourth-order valence-electron chi connectivity index (χ4n) is 0.912. The van der Waals surface area contributed by atoms with Gasteiger partial charge in [0, 0.05) is 41.1 Å². The number of nitrogens with zero attached hydrogens (tertiary/aromatic N) is 1. The molecule has 0 saturated carbocycles. The molecule has 1 radical (unpaired) electrons. The number of thiocarbonyl (C=S) groups is 1. The van der Waals surface area contributed by atoms with E-state index in [1.165, 1.54) is 0 Å². The van der Waals surface area contributed by atoms with Crippen LogP contribution in [0.5, 0.6) is 0 Å². The second-order valence-corrected chi connectivity index (χ2v) is 3.33. The van der Waals surface area contributed by atoms with Crippen LogP contribution < -0.4 is 10.6 Å². The molecule has 0 fully saturated rings. The number of hydrogen-bond acceptors (Lipinski definition) is 2. The first-order valence-corrected chi connectivity index (χ1v) is 4.69. The first kappa shape index (κ1) is 14.7. The predicted octanol–water partition coefficient (Wildman–Crippen LogP) is 1.40. The quantitative estimate of drug-likeness (QED) is 0.360. The molecule has 0 spiro atoms. The zero-order valence-electron chi connectivity index (χ0n) is 8.25. The largest absolute Gasteiger partial charge is 0.358 e. The van der Waals surface area contributed by atoms with Gasteiger partial charge in [0.25, 0.3) is 0 Å². The van der Waals surface area contributed by atoms with Crippen LogP contribution in [0.25, 0.3) is 0 Å². The molecule has 1 aromatic rings. The fourth-order valence-corrected chi connectivity index (χ4v) is 1.23. The van der Waals surface area contributed by atoms with Crippen LogP contribution in [0.3, 0.4) is 0 Å². The van der Waals surface area contributed by atoms with E-state index in [2.05, 4.69) is 10.6 Å². The molecule has 73 valence electrons. The summed E-state index contributed by atoms with van der Waals surface area (Å²) < 4.78 is 0. The zero-order chi connectivity index (χ0) is 10.4. The van der Waals surface area contributed by atoms with Crippen molar-refractivity contribution >= 4 is 58.5 Å². The summed E-state index contributed by atoms with van der Waals surface area (Å²) in [7, 11) is 0. The van der Waals surface area contributed by atoms with Crippen molar-refractivity contribution in [1.82, 2.24) is 10.6 Å². The summed E-state index contributed by atoms with van der Waals surface area (Å²) in [6, 6.07) is 7.45. The van der Waals surface area contributed by atoms with Gasteiger partial charge in [0.15, 0.2) is 11.3 Å². The number of nitriles is 1. The Balaban J connectivity index is 0.00000196. The van der Waals surface area contributed by atoms with E-state index in [0.29, 0.717) is 16.7 Å². The monoisotopic (exact) mass is 248 g/mol. The van der Waals surface area contributed by atoms with Crippen LogP contribution in [-0.2, 0) is 6.54 Å². The third kappa shape index (κ3) is 5.36. The fraction of sp³-hybridized carbons (Fsp3) is 0.111. The number of hydrogen-bond donors (Lipinski definition) is 2. The SMILES string of the molecule is N#CNC(=S)NCc1ccccc1Cl.[Na]. The molecule has 2 N–H and O–H groups in total. The summed E-state index contributed by atoms with van der Waals surface area (Å²) in [5, 5.41) is 14.4. The van der Waals surface area contributed by atoms with Gasteiger partial charge in [-0.05, 0) is 23.8 Å². The summed E-state index contributed by atoms with van der Waals surface area (Å²) >= 11 is 10.7. The first-order chi connectivity index (χ1) is 6.74. The molecule has 0 bridgehead atoms. The van der Waals surface area contributed by atoms with E-state index in [1.807, 2.05) is 18.2 Å². The number of halogens is 1. The Labute approximate surface area is 121 Å². The van der Waals surface area contributed by atoms with Gasteiger partial charge in [0.2, 0.25) is 0 Å². The van der Waals surface area contributed by atoms with Gasteiger partial charge in [-0.15, -0.1) is 0 Å². The normalized spacial score (nSPS) is 8.27. The smallest absolute Gasteiger partial charge is 0.183 e. The van der Waals surface area contributed by atoms with Gasteiger partial charge in [0.05, 0.1) is 0 Å².